The van der Waals surface area contributed by atoms with Gasteiger partial charge < -0.3 is 19.9 Å². The second-order valence-electron chi connectivity index (χ2n) is 6.93. The summed E-state index contributed by atoms with van der Waals surface area (Å²) in [5.74, 6) is -1.58. The molecule has 0 fully saturated rings. The zero-order valence-electron chi connectivity index (χ0n) is 17.8. The van der Waals surface area contributed by atoms with E-state index in [0.717, 1.165) is 0 Å². The molecule has 0 heterocycles. The van der Waals surface area contributed by atoms with E-state index in [0.29, 0.717) is 16.8 Å². The number of benzene rings is 3. The van der Waals surface area contributed by atoms with Crippen molar-refractivity contribution in [1.29, 1.82) is 5.26 Å². The normalized spacial score (nSPS) is 10.8. The highest BCUT2D eigenvalue weighted by molar-refractivity contribution is 6.32. The molecule has 0 bridgehead atoms. The Morgan fingerprint density at radius 2 is 1.76 bits per heavy atom. The van der Waals surface area contributed by atoms with Gasteiger partial charge in [-0.15, -0.1) is 0 Å². The van der Waals surface area contributed by atoms with Gasteiger partial charge in [0, 0.05) is 5.69 Å². The number of carboxylic acids is 1. The molecule has 3 rings (SSSR count). The lowest BCUT2D eigenvalue weighted by molar-refractivity contribution is -0.118. The molecule has 0 aliphatic carbocycles. The van der Waals surface area contributed by atoms with Crippen molar-refractivity contribution >= 4 is 40.8 Å². The summed E-state index contributed by atoms with van der Waals surface area (Å²) < 4.78 is 23.9. The summed E-state index contributed by atoms with van der Waals surface area (Å²) in [6, 6.07) is 16.4. The Bertz CT molecular complexity index is 1280. The molecule has 0 radical (unpaired) electrons. The van der Waals surface area contributed by atoms with Gasteiger partial charge in [0.25, 0.3) is 5.91 Å². The minimum Gasteiger partial charge on any atom is -0.493 e. The van der Waals surface area contributed by atoms with E-state index in [4.69, 9.17) is 26.2 Å². The van der Waals surface area contributed by atoms with Crippen molar-refractivity contribution in [2.24, 2.45) is 0 Å². The molecular weight excluding hydrogens is 463 g/mol. The number of ether oxygens (including phenoxy) is 2. The molecule has 0 saturated heterocycles. The first-order valence-corrected chi connectivity index (χ1v) is 10.2. The molecule has 2 N–H and O–H groups in total. The van der Waals surface area contributed by atoms with E-state index in [1.165, 1.54) is 55.6 Å². The summed E-state index contributed by atoms with van der Waals surface area (Å²) in [7, 11) is 1.40. The number of nitrogens with zero attached hydrogens (tertiary/aromatic N) is 1. The molecule has 3 aromatic rings. The van der Waals surface area contributed by atoms with Crippen molar-refractivity contribution in [3.63, 3.8) is 0 Å². The van der Waals surface area contributed by atoms with Crippen LogP contribution in [0.4, 0.5) is 10.1 Å². The highest BCUT2D eigenvalue weighted by Crippen LogP contribution is 2.37. The van der Waals surface area contributed by atoms with Crippen LogP contribution in [0, 0.1) is 17.1 Å². The summed E-state index contributed by atoms with van der Waals surface area (Å²) in [5, 5.41) is 21.3. The van der Waals surface area contributed by atoms with Gasteiger partial charge >= 0.3 is 5.97 Å². The van der Waals surface area contributed by atoms with E-state index in [-0.39, 0.29) is 34.3 Å². The maximum absolute atomic E-state index is 13.0. The van der Waals surface area contributed by atoms with Gasteiger partial charge in [0.1, 0.15) is 5.82 Å². The predicted molar refractivity (Wildman–Crippen MR) is 125 cm³/mol. The van der Waals surface area contributed by atoms with E-state index in [1.54, 1.807) is 18.2 Å². The fourth-order valence-corrected chi connectivity index (χ4v) is 3.24. The third kappa shape index (κ3) is 6.12. The van der Waals surface area contributed by atoms with Crippen LogP contribution in [0.15, 0.2) is 60.7 Å². The van der Waals surface area contributed by atoms with Crippen LogP contribution in [0.25, 0.3) is 11.6 Å². The van der Waals surface area contributed by atoms with Gasteiger partial charge in [0.15, 0.2) is 18.1 Å². The highest BCUT2D eigenvalue weighted by atomic mass is 35.5. The number of halogens is 2. The van der Waals surface area contributed by atoms with E-state index in [9.17, 15) is 19.2 Å². The number of carbonyl (C=O) groups excluding carboxylic acids is 1. The zero-order valence-corrected chi connectivity index (χ0v) is 18.6. The third-order valence-electron chi connectivity index (χ3n) is 4.60. The molecule has 9 heteroatoms. The molecule has 0 aliphatic rings. The van der Waals surface area contributed by atoms with E-state index in [1.807, 2.05) is 0 Å². The van der Waals surface area contributed by atoms with Crippen LogP contribution in [0.3, 0.4) is 0 Å². The lowest BCUT2D eigenvalue weighted by atomic mass is 10.0. The highest BCUT2D eigenvalue weighted by Gasteiger charge is 2.14. The summed E-state index contributed by atoms with van der Waals surface area (Å²) in [6.07, 6.45) is 1.56. The first-order chi connectivity index (χ1) is 16.3. The maximum atomic E-state index is 13.0. The Labute approximate surface area is 199 Å². The third-order valence-corrected chi connectivity index (χ3v) is 4.88. The topological polar surface area (TPSA) is 109 Å². The second kappa shape index (κ2) is 11.0. The van der Waals surface area contributed by atoms with Gasteiger partial charge in [0.2, 0.25) is 0 Å². The Morgan fingerprint density at radius 3 is 2.35 bits per heavy atom. The SMILES string of the molecule is COc1cc(C=C(C#N)c2ccc(C(=O)O)cc2)cc(Cl)c1OCC(=O)Nc1ccc(F)cc1. The minimum absolute atomic E-state index is 0.107. The maximum Gasteiger partial charge on any atom is 0.335 e. The molecule has 1 amide bonds. The van der Waals surface area contributed by atoms with Gasteiger partial charge in [-0.1, -0.05) is 23.7 Å². The van der Waals surface area contributed by atoms with Crippen LogP contribution in [0.5, 0.6) is 11.5 Å². The van der Waals surface area contributed by atoms with Crippen LogP contribution in [-0.2, 0) is 4.79 Å². The number of carbonyl (C=O) groups is 2. The summed E-state index contributed by atoms with van der Waals surface area (Å²) in [4.78, 5) is 23.2. The number of aromatic carboxylic acids is 1. The zero-order chi connectivity index (χ0) is 24.7. The van der Waals surface area contributed by atoms with Crippen molar-refractivity contribution in [3.05, 3.63) is 88.2 Å². The molecule has 0 unspecified atom stereocenters. The molecule has 3 aromatic carbocycles. The van der Waals surface area contributed by atoms with Crippen LogP contribution in [0.2, 0.25) is 5.02 Å². The molecular formula is C25H18ClFN2O5. The quantitative estimate of drug-likeness (QED) is 0.336. The first kappa shape index (κ1) is 24.3. The Morgan fingerprint density at radius 1 is 1.12 bits per heavy atom. The number of allylic oxidation sites excluding steroid dienone is 1. The van der Waals surface area contributed by atoms with Crippen LogP contribution in [0.1, 0.15) is 21.5 Å². The molecule has 0 atom stereocenters. The number of methoxy groups -OCH3 is 1. The number of hydrogen-bond acceptors (Lipinski definition) is 5. The molecule has 34 heavy (non-hydrogen) atoms. The van der Waals surface area contributed by atoms with Gasteiger partial charge in [-0.05, 0) is 65.7 Å². The number of rotatable bonds is 8. The number of carboxylic acid groups (broad SMARTS) is 1. The fraction of sp³-hybridized carbons (Fsp3) is 0.0800. The van der Waals surface area contributed by atoms with E-state index >= 15 is 0 Å². The average Bonchev–Trinajstić information content (AvgIpc) is 2.83. The summed E-state index contributed by atoms with van der Waals surface area (Å²) in [5.41, 5.74) is 1.86. The Kier molecular flexibility index (Phi) is 7.85. The number of amides is 1. The van der Waals surface area contributed by atoms with Gasteiger partial charge in [-0.2, -0.15) is 5.26 Å². The molecule has 0 saturated carbocycles. The smallest absolute Gasteiger partial charge is 0.335 e. The average molecular weight is 481 g/mol. The van der Waals surface area contributed by atoms with Crippen molar-refractivity contribution in [2.75, 3.05) is 19.0 Å². The largest absolute Gasteiger partial charge is 0.493 e. The second-order valence-corrected chi connectivity index (χ2v) is 7.34. The minimum atomic E-state index is -1.06. The predicted octanol–water partition coefficient (Wildman–Crippen LogP) is 5.27. The summed E-state index contributed by atoms with van der Waals surface area (Å²) >= 11 is 6.35. The molecule has 0 spiro atoms. The van der Waals surface area contributed by atoms with Crippen LogP contribution in [-0.4, -0.2) is 30.7 Å². The Hall–Kier alpha value is -4.35. The first-order valence-electron chi connectivity index (χ1n) is 9.82. The molecule has 7 nitrogen and oxygen atoms in total. The van der Waals surface area contributed by atoms with E-state index in [2.05, 4.69) is 11.4 Å². The number of nitriles is 1. The lowest BCUT2D eigenvalue weighted by Gasteiger charge is -2.13. The lowest BCUT2D eigenvalue weighted by Crippen LogP contribution is -2.20. The number of anilines is 1. The molecule has 0 aromatic heterocycles. The number of hydrogen-bond donors (Lipinski definition) is 2. The van der Waals surface area contributed by atoms with E-state index < -0.39 is 17.7 Å². The number of nitrogens with one attached hydrogen (secondary N) is 1. The van der Waals surface area contributed by atoms with Crippen LogP contribution < -0.4 is 14.8 Å². The van der Waals surface area contributed by atoms with Gasteiger partial charge in [-0.25, -0.2) is 9.18 Å². The van der Waals surface area contributed by atoms with Gasteiger partial charge in [-0.3, -0.25) is 4.79 Å². The van der Waals surface area contributed by atoms with Crippen molar-refractivity contribution < 1.29 is 28.6 Å². The van der Waals surface area contributed by atoms with Crippen molar-refractivity contribution in [2.45, 2.75) is 0 Å². The summed E-state index contributed by atoms with van der Waals surface area (Å²) in [6.45, 7) is -0.373. The monoisotopic (exact) mass is 480 g/mol. The van der Waals surface area contributed by atoms with Crippen molar-refractivity contribution in [1.82, 2.24) is 0 Å². The van der Waals surface area contributed by atoms with Crippen molar-refractivity contribution in [3.8, 4) is 17.6 Å². The van der Waals surface area contributed by atoms with Gasteiger partial charge in [0.05, 0.1) is 29.3 Å². The standard InChI is InChI=1S/C25H18ClFN2O5/c1-33-22-12-15(10-18(13-28)16-2-4-17(5-3-16)25(31)32)11-21(26)24(22)34-14-23(30)29-20-8-6-19(27)7-9-20/h2-12H,14H2,1H3,(H,29,30)(H,31,32). The fourth-order valence-electron chi connectivity index (χ4n) is 2.97. The Balaban J connectivity index is 1.78. The molecule has 0 aliphatic heterocycles. The van der Waals surface area contributed by atoms with Crippen LogP contribution >= 0.6 is 11.6 Å². The molecule has 172 valence electrons.